The first-order valence-corrected chi connectivity index (χ1v) is 7.32. The third kappa shape index (κ3) is 5.14. The summed E-state index contributed by atoms with van der Waals surface area (Å²) in [6.07, 6.45) is 0. The van der Waals surface area contributed by atoms with Gasteiger partial charge in [0.25, 0.3) is 0 Å². The number of hydrogen-bond donors (Lipinski definition) is 3. The molecule has 0 unspecified atom stereocenters. The number of aryl methyl sites for hydroxylation is 2. The molecule has 122 valence electrons. The van der Waals surface area contributed by atoms with Gasteiger partial charge < -0.3 is 20.7 Å². The summed E-state index contributed by atoms with van der Waals surface area (Å²) in [5.41, 5.74) is 2.54. The van der Waals surface area contributed by atoms with Gasteiger partial charge in [-0.2, -0.15) is 5.10 Å². The molecule has 0 bridgehead atoms. The van der Waals surface area contributed by atoms with Gasteiger partial charge in [0.15, 0.2) is 0 Å². The molecule has 2 amide bonds. The molecular weight excluding hydrogens is 294 g/mol. The number of nitrogens with zero attached hydrogens (tertiary/aromatic N) is 2. The van der Waals surface area contributed by atoms with E-state index in [1.165, 1.54) is 0 Å². The molecule has 0 aliphatic rings. The number of benzene rings is 1. The van der Waals surface area contributed by atoms with Crippen LogP contribution < -0.4 is 20.7 Å². The van der Waals surface area contributed by atoms with Crippen molar-refractivity contribution in [3.63, 3.8) is 0 Å². The Morgan fingerprint density at radius 1 is 1.13 bits per heavy atom. The van der Waals surface area contributed by atoms with Crippen molar-refractivity contribution < 1.29 is 9.53 Å². The minimum absolute atomic E-state index is 0.286. The predicted octanol–water partition coefficient (Wildman–Crippen LogP) is 2.34. The summed E-state index contributed by atoms with van der Waals surface area (Å²) < 4.78 is 5.22. The molecule has 0 saturated heterocycles. The summed E-state index contributed by atoms with van der Waals surface area (Å²) in [7, 11) is 1.57. The lowest BCUT2D eigenvalue weighted by Gasteiger charge is -2.12. The zero-order chi connectivity index (χ0) is 16.7. The number of anilines is 2. The maximum Gasteiger partial charge on any atom is 0.319 e. The molecule has 0 radical (unpaired) electrons. The summed E-state index contributed by atoms with van der Waals surface area (Å²) >= 11 is 0. The average Bonchev–Trinajstić information content (AvgIpc) is 2.53. The Morgan fingerprint density at radius 2 is 1.96 bits per heavy atom. The normalized spacial score (nSPS) is 10.0. The van der Waals surface area contributed by atoms with Crippen LogP contribution in [0.15, 0.2) is 30.3 Å². The van der Waals surface area contributed by atoms with Crippen molar-refractivity contribution >= 4 is 17.5 Å². The number of rotatable bonds is 6. The van der Waals surface area contributed by atoms with Gasteiger partial charge in [-0.1, -0.05) is 6.07 Å². The fraction of sp³-hybridized carbons (Fsp3) is 0.312. The van der Waals surface area contributed by atoms with E-state index in [2.05, 4.69) is 26.1 Å². The SMILES string of the molecule is COc1ccc(C)cc1NC(=O)NCCNc1ccc(C)nn1. The van der Waals surface area contributed by atoms with Gasteiger partial charge in [0.2, 0.25) is 0 Å². The molecule has 7 nitrogen and oxygen atoms in total. The average molecular weight is 315 g/mol. The molecule has 1 heterocycles. The lowest BCUT2D eigenvalue weighted by atomic mass is 10.2. The number of amides is 2. The second-order valence-corrected chi connectivity index (χ2v) is 5.07. The van der Waals surface area contributed by atoms with Gasteiger partial charge in [-0.25, -0.2) is 4.79 Å². The molecule has 0 aliphatic carbocycles. The molecule has 0 fully saturated rings. The molecule has 1 aromatic heterocycles. The van der Waals surface area contributed by atoms with Crippen molar-refractivity contribution in [3.05, 3.63) is 41.6 Å². The Kier molecular flexibility index (Phi) is 5.74. The minimum Gasteiger partial charge on any atom is -0.495 e. The van der Waals surface area contributed by atoms with Crippen molar-refractivity contribution in [2.75, 3.05) is 30.8 Å². The first kappa shape index (κ1) is 16.5. The Hall–Kier alpha value is -2.83. The quantitative estimate of drug-likeness (QED) is 0.712. The Bertz CT molecular complexity index is 658. The van der Waals surface area contributed by atoms with E-state index in [0.717, 1.165) is 11.3 Å². The van der Waals surface area contributed by atoms with Crippen LogP contribution >= 0.6 is 0 Å². The van der Waals surface area contributed by atoms with E-state index in [1.54, 1.807) is 7.11 Å². The van der Waals surface area contributed by atoms with E-state index in [1.807, 2.05) is 44.2 Å². The van der Waals surface area contributed by atoms with Crippen molar-refractivity contribution in [2.24, 2.45) is 0 Å². The lowest BCUT2D eigenvalue weighted by molar-refractivity contribution is 0.252. The number of carbonyl (C=O) groups is 1. The van der Waals surface area contributed by atoms with Crippen LogP contribution in [0, 0.1) is 13.8 Å². The van der Waals surface area contributed by atoms with Gasteiger partial charge in [0.05, 0.1) is 18.5 Å². The molecule has 0 aliphatic heterocycles. The minimum atomic E-state index is -0.286. The molecule has 7 heteroatoms. The van der Waals surface area contributed by atoms with Crippen LogP contribution in [-0.4, -0.2) is 36.4 Å². The Balaban J connectivity index is 1.77. The zero-order valence-electron chi connectivity index (χ0n) is 13.5. The van der Waals surface area contributed by atoms with Gasteiger partial charge in [0.1, 0.15) is 11.6 Å². The standard InChI is InChI=1S/C16H21N5O2/c1-11-4-6-14(23-3)13(10-11)19-16(22)18-9-8-17-15-7-5-12(2)20-21-15/h4-7,10H,8-9H2,1-3H3,(H,17,21)(H2,18,19,22). The molecule has 0 atom stereocenters. The second-order valence-electron chi connectivity index (χ2n) is 5.07. The molecule has 23 heavy (non-hydrogen) atoms. The Morgan fingerprint density at radius 3 is 2.65 bits per heavy atom. The maximum atomic E-state index is 11.9. The highest BCUT2D eigenvalue weighted by molar-refractivity contribution is 5.91. The van der Waals surface area contributed by atoms with Gasteiger partial charge in [-0.15, -0.1) is 5.10 Å². The van der Waals surface area contributed by atoms with Crippen LogP contribution in [0.1, 0.15) is 11.3 Å². The molecule has 3 N–H and O–H groups in total. The number of methoxy groups -OCH3 is 1. The van der Waals surface area contributed by atoms with E-state index in [9.17, 15) is 4.79 Å². The topological polar surface area (TPSA) is 88.2 Å². The first-order chi connectivity index (χ1) is 11.1. The fourth-order valence-electron chi connectivity index (χ4n) is 1.95. The number of nitrogens with one attached hydrogen (secondary N) is 3. The number of hydrogen-bond acceptors (Lipinski definition) is 5. The highest BCUT2D eigenvalue weighted by atomic mass is 16.5. The summed E-state index contributed by atoms with van der Waals surface area (Å²) in [5.74, 6) is 1.30. The van der Waals surface area contributed by atoms with Crippen LogP contribution in [-0.2, 0) is 0 Å². The van der Waals surface area contributed by atoms with Gasteiger partial charge >= 0.3 is 6.03 Å². The summed E-state index contributed by atoms with van der Waals surface area (Å²) in [6.45, 7) is 4.84. The van der Waals surface area contributed by atoms with E-state index >= 15 is 0 Å². The highest BCUT2D eigenvalue weighted by Gasteiger charge is 2.07. The largest absolute Gasteiger partial charge is 0.495 e. The van der Waals surface area contributed by atoms with Gasteiger partial charge in [0, 0.05) is 13.1 Å². The summed E-state index contributed by atoms with van der Waals surface area (Å²) in [4.78, 5) is 11.9. The number of ether oxygens (including phenoxy) is 1. The summed E-state index contributed by atoms with van der Waals surface area (Å²) in [6, 6.07) is 9.04. The van der Waals surface area contributed by atoms with E-state index < -0.39 is 0 Å². The van der Waals surface area contributed by atoms with Crippen molar-refractivity contribution in [3.8, 4) is 5.75 Å². The van der Waals surface area contributed by atoms with Crippen molar-refractivity contribution in [2.45, 2.75) is 13.8 Å². The number of urea groups is 1. The number of carbonyl (C=O) groups excluding carboxylic acids is 1. The third-order valence-corrected chi connectivity index (χ3v) is 3.12. The molecule has 1 aromatic carbocycles. The zero-order valence-corrected chi connectivity index (χ0v) is 13.5. The first-order valence-electron chi connectivity index (χ1n) is 7.32. The molecule has 0 saturated carbocycles. The van der Waals surface area contributed by atoms with Gasteiger partial charge in [-0.3, -0.25) is 0 Å². The van der Waals surface area contributed by atoms with Crippen LogP contribution in [0.5, 0.6) is 5.75 Å². The second kappa shape index (κ2) is 7.98. The van der Waals surface area contributed by atoms with Crippen LogP contribution in [0.4, 0.5) is 16.3 Å². The highest BCUT2D eigenvalue weighted by Crippen LogP contribution is 2.24. The fourth-order valence-corrected chi connectivity index (χ4v) is 1.95. The summed E-state index contributed by atoms with van der Waals surface area (Å²) in [5, 5.41) is 16.6. The van der Waals surface area contributed by atoms with E-state index in [-0.39, 0.29) is 6.03 Å². The number of aromatic nitrogens is 2. The molecule has 0 spiro atoms. The molecule has 2 rings (SSSR count). The van der Waals surface area contributed by atoms with E-state index in [0.29, 0.717) is 30.3 Å². The van der Waals surface area contributed by atoms with Crippen LogP contribution in [0.2, 0.25) is 0 Å². The lowest BCUT2D eigenvalue weighted by Crippen LogP contribution is -2.32. The molecule has 2 aromatic rings. The van der Waals surface area contributed by atoms with Crippen molar-refractivity contribution in [1.82, 2.24) is 15.5 Å². The maximum absolute atomic E-state index is 11.9. The third-order valence-electron chi connectivity index (χ3n) is 3.12. The predicted molar refractivity (Wildman–Crippen MR) is 90.0 cm³/mol. The van der Waals surface area contributed by atoms with Crippen LogP contribution in [0.25, 0.3) is 0 Å². The smallest absolute Gasteiger partial charge is 0.319 e. The Labute approximate surface area is 135 Å². The van der Waals surface area contributed by atoms with Crippen molar-refractivity contribution in [1.29, 1.82) is 0 Å². The van der Waals surface area contributed by atoms with Crippen LogP contribution in [0.3, 0.4) is 0 Å². The van der Waals surface area contributed by atoms with Gasteiger partial charge in [-0.05, 0) is 43.7 Å². The monoisotopic (exact) mass is 315 g/mol. The van der Waals surface area contributed by atoms with E-state index in [4.69, 9.17) is 4.74 Å². The molecular formula is C16H21N5O2.